The molecule has 0 spiro atoms. The summed E-state index contributed by atoms with van der Waals surface area (Å²) in [4.78, 5) is 45.9. The van der Waals surface area contributed by atoms with E-state index in [-0.39, 0.29) is 23.4 Å². The lowest BCUT2D eigenvalue weighted by Gasteiger charge is -2.08. The van der Waals surface area contributed by atoms with Gasteiger partial charge in [-0.05, 0) is 26.3 Å². The Bertz CT molecular complexity index is 1350. The van der Waals surface area contributed by atoms with Gasteiger partial charge >= 0.3 is 0 Å². The summed E-state index contributed by atoms with van der Waals surface area (Å²) in [6.07, 6.45) is -0.199. The zero-order chi connectivity index (χ0) is 22.1. The first-order valence-electron chi connectivity index (χ1n) is 9.45. The average molecular weight is 437 g/mol. The van der Waals surface area contributed by atoms with E-state index < -0.39 is 11.8 Å². The fourth-order valence-electron chi connectivity index (χ4n) is 3.20. The fraction of sp³-hybridized carbons (Fsp3) is 0.190. The highest BCUT2D eigenvalue weighted by Gasteiger charge is 2.22. The minimum atomic E-state index is -0.563. The van der Waals surface area contributed by atoms with Gasteiger partial charge in [-0.1, -0.05) is 35.5 Å². The second kappa shape index (κ2) is 8.15. The van der Waals surface area contributed by atoms with E-state index in [1.54, 1.807) is 19.1 Å². The Labute approximate surface area is 180 Å². The molecule has 0 saturated heterocycles. The molecule has 0 aliphatic carbocycles. The summed E-state index contributed by atoms with van der Waals surface area (Å²) >= 11 is 1.40. The van der Waals surface area contributed by atoms with E-state index in [0.29, 0.717) is 27.2 Å². The first-order chi connectivity index (χ1) is 14.8. The third-order valence-electron chi connectivity index (χ3n) is 4.87. The molecule has 4 rings (SSSR count). The van der Waals surface area contributed by atoms with E-state index in [9.17, 15) is 14.4 Å². The van der Waals surface area contributed by atoms with E-state index in [4.69, 9.17) is 4.52 Å². The van der Waals surface area contributed by atoms with Crippen molar-refractivity contribution in [3.8, 4) is 11.3 Å². The minimum Gasteiger partial charge on any atom is -0.360 e. The Kier molecular flexibility index (Phi) is 5.38. The number of fused-ring (bicyclic) bond motifs is 1. The molecular weight excluding hydrogens is 418 g/mol. The zero-order valence-corrected chi connectivity index (χ0v) is 17.8. The molecule has 0 bridgehead atoms. The molecule has 0 saturated carbocycles. The van der Waals surface area contributed by atoms with Crippen molar-refractivity contribution in [3.05, 3.63) is 68.3 Å². The van der Waals surface area contributed by atoms with Crippen molar-refractivity contribution in [1.82, 2.24) is 26.0 Å². The third kappa shape index (κ3) is 3.97. The lowest BCUT2D eigenvalue weighted by molar-refractivity contribution is -0.121. The van der Waals surface area contributed by atoms with Crippen molar-refractivity contribution in [2.75, 3.05) is 0 Å². The number of benzene rings is 1. The van der Waals surface area contributed by atoms with Crippen LogP contribution in [0.1, 0.15) is 32.4 Å². The number of aryl methyl sites for hydroxylation is 3. The molecule has 3 aromatic heterocycles. The highest BCUT2D eigenvalue weighted by atomic mass is 32.1. The summed E-state index contributed by atoms with van der Waals surface area (Å²) in [5.74, 6) is -0.550. The number of carbonyl (C=O) groups is 2. The molecule has 158 valence electrons. The predicted molar refractivity (Wildman–Crippen MR) is 116 cm³/mol. The van der Waals surface area contributed by atoms with Gasteiger partial charge in [0.25, 0.3) is 11.5 Å². The van der Waals surface area contributed by atoms with E-state index >= 15 is 0 Å². The molecule has 0 atom stereocenters. The molecular formula is C21H19N5O4S. The first kappa shape index (κ1) is 20.5. The van der Waals surface area contributed by atoms with Crippen molar-refractivity contribution in [2.24, 2.45) is 0 Å². The van der Waals surface area contributed by atoms with Crippen LogP contribution in [0.5, 0.6) is 0 Å². The number of amides is 2. The topological polar surface area (TPSA) is 130 Å². The number of nitrogens with one attached hydrogen (secondary N) is 3. The van der Waals surface area contributed by atoms with Gasteiger partial charge in [-0.3, -0.25) is 25.2 Å². The highest BCUT2D eigenvalue weighted by molar-refractivity contribution is 7.18. The largest absolute Gasteiger partial charge is 0.360 e. The molecule has 0 aliphatic heterocycles. The molecule has 9 nitrogen and oxygen atoms in total. The van der Waals surface area contributed by atoms with Crippen LogP contribution in [-0.2, 0) is 11.2 Å². The molecule has 4 aromatic rings. The van der Waals surface area contributed by atoms with Crippen LogP contribution in [0.25, 0.3) is 21.5 Å². The summed E-state index contributed by atoms with van der Waals surface area (Å²) in [7, 11) is 0. The molecule has 10 heteroatoms. The zero-order valence-electron chi connectivity index (χ0n) is 17.0. The molecule has 2 amide bonds. The van der Waals surface area contributed by atoms with Crippen LogP contribution in [0.3, 0.4) is 0 Å². The molecule has 31 heavy (non-hydrogen) atoms. The number of thiophene rings is 1. The standard InChI is InChI=1S/C21H19N5O4S/c1-10-12(3)31-21-16(10)19(28)22-14(23-21)9-15(27)24-25-20(29)17-11(2)30-26-18(17)13-7-5-4-6-8-13/h4-8H,9H2,1-3H3,(H,24,27)(H,25,29)(H,22,23,28). The number of rotatable bonds is 4. The van der Waals surface area contributed by atoms with E-state index in [0.717, 1.165) is 10.4 Å². The Morgan fingerprint density at radius 3 is 2.61 bits per heavy atom. The van der Waals surface area contributed by atoms with Gasteiger partial charge in [0.15, 0.2) is 0 Å². The van der Waals surface area contributed by atoms with Crippen molar-refractivity contribution in [3.63, 3.8) is 0 Å². The van der Waals surface area contributed by atoms with Crippen molar-refractivity contribution in [1.29, 1.82) is 0 Å². The molecule has 0 unspecified atom stereocenters. The van der Waals surface area contributed by atoms with Gasteiger partial charge < -0.3 is 9.51 Å². The van der Waals surface area contributed by atoms with Gasteiger partial charge in [0, 0.05) is 10.4 Å². The number of aromatic nitrogens is 3. The number of hydrazine groups is 1. The van der Waals surface area contributed by atoms with Gasteiger partial charge in [0.2, 0.25) is 5.91 Å². The van der Waals surface area contributed by atoms with Gasteiger partial charge in [-0.2, -0.15) is 0 Å². The Morgan fingerprint density at radius 1 is 1.13 bits per heavy atom. The number of hydrogen-bond acceptors (Lipinski definition) is 7. The molecule has 1 aromatic carbocycles. The molecule has 3 N–H and O–H groups in total. The van der Waals surface area contributed by atoms with Crippen molar-refractivity contribution >= 4 is 33.4 Å². The quantitative estimate of drug-likeness (QED) is 0.421. The molecule has 0 fully saturated rings. The number of aromatic amines is 1. The number of hydrogen-bond donors (Lipinski definition) is 3. The summed E-state index contributed by atoms with van der Waals surface area (Å²) in [6.45, 7) is 5.40. The second-order valence-corrected chi connectivity index (χ2v) is 8.19. The first-order valence-corrected chi connectivity index (χ1v) is 10.3. The van der Waals surface area contributed by atoms with E-state index in [1.807, 2.05) is 32.0 Å². The summed E-state index contributed by atoms with van der Waals surface area (Å²) in [5.41, 5.74) is 6.63. The summed E-state index contributed by atoms with van der Waals surface area (Å²) in [6, 6.07) is 9.11. The van der Waals surface area contributed by atoms with Crippen LogP contribution >= 0.6 is 11.3 Å². The molecule has 0 aliphatic rings. The minimum absolute atomic E-state index is 0.199. The normalized spacial score (nSPS) is 10.9. The molecule has 3 heterocycles. The fourth-order valence-corrected chi connectivity index (χ4v) is 4.25. The van der Waals surface area contributed by atoms with Crippen LogP contribution in [0.2, 0.25) is 0 Å². The maximum Gasteiger partial charge on any atom is 0.275 e. The number of nitrogens with zero attached hydrogens (tertiary/aromatic N) is 2. The predicted octanol–water partition coefficient (Wildman–Crippen LogP) is 2.57. The lowest BCUT2D eigenvalue weighted by Crippen LogP contribution is -2.43. The van der Waals surface area contributed by atoms with E-state index in [1.165, 1.54) is 11.3 Å². The van der Waals surface area contributed by atoms with Crippen LogP contribution in [-0.4, -0.2) is 26.9 Å². The van der Waals surface area contributed by atoms with Gasteiger partial charge in [0.1, 0.15) is 27.7 Å². The van der Waals surface area contributed by atoms with Crippen molar-refractivity contribution < 1.29 is 14.1 Å². The van der Waals surface area contributed by atoms with Crippen LogP contribution < -0.4 is 16.4 Å². The average Bonchev–Trinajstić information content (AvgIpc) is 3.26. The number of H-pyrrole nitrogens is 1. The second-order valence-electron chi connectivity index (χ2n) is 6.98. The smallest absolute Gasteiger partial charge is 0.275 e. The third-order valence-corrected chi connectivity index (χ3v) is 5.97. The maximum atomic E-state index is 12.6. The summed E-state index contributed by atoms with van der Waals surface area (Å²) < 4.78 is 5.17. The van der Waals surface area contributed by atoms with Gasteiger partial charge in [-0.15, -0.1) is 11.3 Å². The monoisotopic (exact) mass is 437 g/mol. The van der Waals surface area contributed by atoms with Gasteiger partial charge in [0.05, 0.1) is 11.8 Å². The Morgan fingerprint density at radius 2 is 1.87 bits per heavy atom. The van der Waals surface area contributed by atoms with Crippen LogP contribution in [0.4, 0.5) is 0 Å². The number of carbonyl (C=O) groups excluding carboxylic acids is 2. The van der Waals surface area contributed by atoms with Crippen molar-refractivity contribution in [2.45, 2.75) is 27.2 Å². The highest BCUT2D eigenvalue weighted by Crippen LogP contribution is 2.26. The van der Waals surface area contributed by atoms with Crippen LogP contribution in [0, 0.1) is 20.8 Å². The van der Waals surface area contributed by atoms with E-state index in [2.05, 4.69) is 26.0 Å². The Hall–Kier alpha value is -3.79. The Balaban J connectivity index is 1.47. The lowest BCUT2D eigenvalue weighted by atomic mass is 10.1. The maximum absolute atomic E-state index is 12.6. The summed E-state index contributed by atoms with van der Waals surface area (Å²) in [5, 5.41) is 4.49. The SMILES string of the molecule is Cc1onc(-c2ccccc2)c1C(=O)NNC(=O)Cc1nc2sc(C)c(C)c2c(=O)[nH]1. The van der Waals surface area contributed by atoms with Crippen LogP contribution in [0.15, 0.2) is 39.6 Å². The van der Waals surface area contributed by atoms with Gasteiger partial charge in [-0.25, -0.2) is 4.98 Å². The molecule has 0 radical (unpaired) electrons.